The third-order valence-electron chi connectivity index (χ3n) is 1.98. The molecule has 2 atom stereocenters. The first-order valence-electron chi connectivity index (χ1n) is 3.76. The molecule has 4 nitrogen and oxygen atoms in total. The lowest BCUT2D eigenvalue weighted by molar-refractivity contribution is -0.143. The molecular weight excluding hydrogens is 158 g/mol. The number of aliphatic hydroxyl groups is 1. The normalized spacial score (nSPS) is 33.7. The zero-order valence-corrected chi connectivity index (χ0v) is 6.77. The van der Waals surface area contributed by atoms with Crippen molar-refractivity contribution in [3.05, 3.63) is 12.2 Å². The summed E-state index contributed by atoms with van der Waals surface area (Å²) in [6.45, 7) is 1.72. The highest BCUT2D eigenvalue weighted by molar-refractivity contribution is 5.83. The number of allylic oxidation sites excluding steroid dienone is 1. The molecule has 2 unspecified atom stereocenters. The average Bonchev–Trinajstić information content (AvgIpc) is 2.05. The molecule has 0 bridgehead atoms. The first-order valence-corrected chi connectivity index (χ1v) is 3.76. The highest BCUT2D eigenvalue weighted by Gasteiger charge is 2.38. The number of hydrogen-bond acceptors (Lipinski definition) is 3. The van der Waals surface area contributed by atoms with Crippen molar-refractivity contribution < 1.29 is 15.0 Å². The van der Waals surface area contributed by atoms with Gasteiger partial charge in [-0.2, -0.15) is 0 Å². The molecule has 0 aliphatic carbocycles. The van der Waals surface area contributed by atoms with E-state index in [0.717, 1.165) is 0 Å². The van der Waals surface area contributed by atoms with Gasteiger partial charge >= 0.3 is 5.97 Å². The number of aliphatic carboxylic acids is 1. The van der Waals surface area contributed by atoms with Gasteiger partial charge < -0.3 is 10.2 Å². The summed E-state index contributed by atoms with van der Waals surface area (Å²) in [5.41, 5.74) is -1.32. The molecule has 0 aromatic rings. The van der Waals surface area contributed by atoms with Gasteiger partial charge in [0, 0.05) is 6.21 Å². The van der Waals surface area contributed by atoms with E-state index < -0.39 is 17.6 Å². The molecule has 12 heavy (non-hydrogen) atoms. The molecule has 66 valence electrons. The Balaban J connectivity index is 2.92. The summed E-state index contributed by atoms with van der Waals surface area (Å²) in [7, 11) is 0. The van der Waals surface area contributed by atoms with Crippen LogP contribution in [0.15, 0.2) is 17.1 Å². The van der Waals surface area contributed by atoms with Gasteiger partial charge in [0.1, 0.15) is 5.60 Å². The number of dihydropyridines is 1. The van der Waals surface area contributed by atoms with Crippen LogP contribution < -0.4 is 0 Å². The highest BCUT2D eigenvalue weighted by Crippen LogP contribution is 2.22. The fourth-order valence-corrected chi connectivity index (χ4v) is 1.15. The van der Waals surface area contributed by atoms with Crippen LogP contribution in [0.3, 0.4) is 0 Å². The molecule has 4 heteroatoms. The van der Waals surface area contributed by atoms with Gasteiger partial charge in [-0.05, 0) is 18.6 Å². The molecule has 0 aromatic heterocycles. The zero-order chi connectivity index (χ0) is 9.19. The van der Waals surface area contributed by atoms with Crippen LogP contribution in [-0.2, 0) is 4.79 Å². The van der Waals surface area contributed by atoms with Gasteiger partial charge in [0.05, 0.1) is 0 Å². The van der Waals surface area contributed by atoms with Crippen molar-refractivity contribution in [2.75, 3.05) is 0 Å². The maximum atomic E-state index is 10.6. The number of carboxylic acid groups (broad SMARTS) is 1. The van der Waals surface area contributed by atoms with Crippen molar-refractivity contribution in [1.82, 2.24) is 0 Å². The predicted octanol–water partition coefficient (Wildman–Crippen LogP) is 0.221. The standard InChI is InChI=1S/C8H11NO3/c1-2-8(12)4-3-5-9-6(8)7(10)11/h3-6,12H,2H2,1H3,(H,10,11). The number of aliphatic imine (C=N–C) groups is 1. The topological polar surface area (TPSA) is 69.9 Å². The van der Waals surface area contributed by atoms with Gasteiger partial charge in [-0.3, -0.25) is 4.99 Å². The lowest BCUT2D eigenvalue weighted by atomic mass is 9.90. The maximum Gasteiger partial charge on any atom is 0.331 e. The van der Waals surface area contributed by atoms with Gasteiger partial charge in [0.15, 0.2) is 6.04 Å². The molecule has 0 radical (unpaired) electrons. The summed E-state index contributed by atoms with van der Waals surface area (Å²) in [4.78, 5) is 14.3. The smallest absolute Gasteiger partial charge is 0.331 e. The van der Waals surface area contributed by atoms with Crippen LogP contribution in [0.1, 0.15) is 13.3 Å². The van der Waals surface area contributed by atoms with E-state index in [4.69, 9.17) is 5.11 Å². The highest BCUT2D eigenvalue weighted by atomic mass is 16.4. The third-order valence-corrected chi connectivity index (χ3v) is 1.98. The molecule has 0 spiro atoms. The molecule has 2 N–H and O–H groups in total. The Labute approximate surface area is 70.2 Å². The second-order valence-electron chi connectivity index (χ2n) is 2.74. The molecule has 0 amide bonds. The van der Waals surface area contributed by atoms with Crippen LogP contribution >= 0.6 is 0 Å². The fourth-order valence-electron chi connectivity index (χ4n) is 1.15. The Kier molecular flexibility index (Phi) is 2.28. The average molecular weight is 169 g/mol. The van der Waals surface area contributed by atoms with Gasteiger partial charge in [-0.25, -0.2) is 4.79 Å². The third kappa shape index (κ3) is 1.38. The maximum absolute atomic E-state index is 10.6. The summed E-state index contributed by atoms with van der Waals surface area (Å²) >= 11 is 0. The zero-order valence-electron chi connectivity index (χ0n) is 6.77. The number of carbonyl (C=O) groups is 1. The predicted molar refractivity (Wildman–Crippen MR) is 44.3 cm³/mol. The lowest BCUT2D eigenvalue weighted by Gasteiger charge is -2.28. The fraction of sp³-hybridized carbons (Fsp3) is 0.500. The Hall–Kier alpha value is -1.16. The monoisotopic (exact) mass is 169 g/mol. The van der Waals surface area contributed by atoms with Crippen LogP contribution in [0.2, 0.25) is 0 Å². The number of carboxylic acids is 1. The number of rotatable bonds is 2. The first-order chi connectivity index (χ1) is 5.60. The second-order valence-corrected chi connectivity index (χ2v) is 2.74. The summed E-state index contributed by atoms with van der Waals surface area (Å²) in [6, 6.07) is -1.06. The van der Waals surface area contributed by atoms with Gasteiger partial charge in [-0.15, -0.1) is 0 Å². The molecule has 1 aliphatic rings. The van der Waals surface area contributed by atoms with E-state index >= 15 is 0 Å². The summed E-state index contributed by atoms with van der Waals surface area (Å²) in [6.07, 6.45) is 4.77. The summed E-state index contributed by atoms with van der Waals surface area (Å²) in [5.74, 6) is -1.10. The van der Waals surface area contributed by atoms with Crippen molar-refractivity contribution in [3.63, 3.8) is 0 Å². The molecule has 0 saturated carbocycles. The van der Waals surface area contributed by atoms with Crippen molar-refractivity contribution in [3.8, 4) is 0 Å². The summed E-state index contributed by atoms with van der Waals surface area (Å²) in [5, 5.41) is 18.4. The minimum atomic E-state index is -1.32. The second kappa shape index (κ2) is 3.06. The SMILES string of the molecule is CCC1(O)C=CC=NC1C(=O)O. The molecule has 1 aliphatic heterocycles. The summed E-state index contributed by atoms with van der Waals surface area (Å²) < 4.78 is 0. The van der Waals surface area contributed by atoms with Crippen LogP contribution in [0, 0.1) is 0 Å². The van der Waals surface area contributed by atoms with E-state index in [1.54, 1.807) is 13.0 Å². The molecular formula is C8H11NO3. The van der Waals surface area contributed by atoms with Crippen LogP contribution in [0.4, 0.5) is 0 Å². The van der Waals surface area contributed by atoms with Gasteiger partial charge in [-0.1, -0.05) is 6.92 Å². The van der Waals surface area contributed by atoms with E-state index in [2.05, 4.69) is 4.99 Å². The van der Waals surface area contributed by atoms with E-state index in [0.29, 0.717) is 6.42 Å². The molecule has 0 aromatic carbocycles. The minimum absolute atomic E-state index is 0.345. The first kappa shape index (κ1) is 8.93. The lowest BCUT2D eigenvalue weighted by Crippen LogP contribution is -2.45. The Morgan fingerprint density at radius 2 is 2.42 bits per heavy atom. The molecule has 1 heterocycles. The van der Waals surface area contributed by atoms with E-state index in [-0.39, 0.29) is 0 Å². The van der Waals surface area contributed by atoms with E-state index in [1.165, 1.54) is 12.3 Å². The Bertz CT molecular complexity index is 247. The molecule has 0 fully saturated rings. The van der Waals surface area contributed by atoms with Gasteiger partial charge in [0.2, 0.25) is 0 Å². The van der Waals surface area contributed by atoms with Crippen molar-refractivity contribution in [2.24, 2.45) is 4.99 Å². The molecule has 1 rings (SSSR count). The Morgan fingerprint density at radius 1 is 1.75 bits per heavy atom. The van der Waals surface area contributed by atoms with Gasteiger partial charge in [0.25, 0.3) is 0 Å². The number of nitrogens with zero attached hydrogens (tertiary/aromatic N) is 1. The minimum Gasteiger partial charge on any atom is -0.480 e. The van der Waals surface area contributed by atoms with Crippen molar-refractivity contribution in [2.45, 2.75) is 25.0 Å². The largest absolute Gasteiger partial charge is 0.480 e. The van der Waals surface area contributed by atoms with Crippen LogP contribution in [-0.4, -0.2) is 34.0 Å². The van der Waals surface area contributed by atoms with Crippen LogP contribution in [0.5, 0.6) is 0 Å². The van der Waals surface area contributed by atoms with E-state index in [1.807, 2.05) is 0 Å². The quantitative estimate of drug-likeness (QED) is 0.621. The Morgan fingerprint density at radius 3 is 2.83 bits per heavy atom. The molecule has 0 saturated heterocycles. The van der Waals surface area contributed by atoms with Crippen LogP contribution in [0.25, 0.3) is 0 Å². The van der Waals surface area contributed by atoms with Crippen molar-refractivity contribution in [1.29, 1.82) is 0 Å². The van der Waals surface area contributed by atoms with E-state index in [9.17, 15) is 9.90 Å². The van der Waals surface area contributed by atoms with Crippen molar-refractivity contribution >= 4 is 12.2 Å². The number of hydrogen-bond donors (Lipinski definition) is 2.